The van der Waals surface area contributed by atoms with Crippen LogP contribution in [0.1, 0.15) is 55.7 Å². The van der Waals surface area contributed by atoms with E-state index in [1.807, 2.05) is 32.0 Å². The Kier molecular flexibility index (Phi) is 10.2. The molecular weight excluding hydrogens is 257 g/mol. The number of aliphatic hydroxyl groups is 1. The molecular formula is C17H24LiNO2. The Balaban J connectivity index is 0.000000715. The van der Waals surface area contributed by atoms with Gasteiger partial charge in [0.05, 0.1) is 5.69 Å². The van der Waals surface area contributed by atoms with Crippen LogP contribution < -0.4 is 18.9 Å². The van der Waals surface area contributed by atoms with Gasteiger partial charge in [-0.05, 0) is 31.2 Å². The summed E-state index contributed by atoms with van der Waals surface area (Å²) in [7, 11) is 0. The van der Waals surface area contributed by atoms with Crippen LogP contribution in [0.3, 0.4) is 0 Å². The first-order valence-corrected chi connectivity index (χ1v) is 7.11. The Labute approximate surface area is 140 Å². The zero-order chi connectivity index (χ0) is 15.0. The summed E-state index contributed by atoms with van der Waals surface area (Å²) in [5, 5.41) is 10.1. The maximum Gasteiger partial charge on any atom is 1.00 e. The van der Waals surface area contributed by atoms with Gasteiger partial charge in [-0.25, -0.2) is 0 Å². The van der Waals surface area contributed by atoms with E-state index in [1.54, 1.807) is 12.1 Å². The molecule has 0 aliphatic heterocycles. The Morgan fingerprint density at radius 2 is 1.90 bits per heavy atom. The van der Waals surface area contributed by atoms with E-state index in [0.29, 0.717) is 11.5 Å². The number of hydrogen-bond acceptors (Lipinski definition) is 3. The number of furan rings is 1. The minimum Gasteiger partial charge on any atom is -0.463 e. The summed E-state index contributed by atoms with van der Waals surface area (Å²) in [6.07, 6.45) is 2.33. The van der Waals surface area contributed by atoms with Gasteiger partial charge in [0.1, 0.15) is 11.5 Å². The van der Waals surface area contributed by atoms with Crippen LogP contribution >= 0.6 is 0 Å². The van der Waals surface area contributed by atoms with Crippen LogP contribution in [-0.4, -0.2) is 10.1 Å². The van der Waals surface area contributed by atoms with Gasteiger partial charge in [-0.3, -0.25) is 4.98 Å². The standard InChI is InChI=1S/C13H15NO2.C4H9.Li/c1-3-10-7-8-12(16-10)13(15)11-6-4-5-9(2)14-11;1-3-4-2;/h4-8,13,15H,3H2,1-2H3;1,3-4H2,2H3;/q;-1;+1. The molecule has 0 saturated heterocycles. The molecule has 0 bridgehead atoms. The van der Waals surface area contributed by atoms with Crippen molar-refractivity contribution in [3.05, 3.63) is 60.2 Å². The predicted molar refractivity (Wildman–Crippen MR) is 81.4 cm³/mol. The van der Waals surface area contributed by atoms with Gasteiger partial charge >= 0.3 is 18.9 Å². The third kappa shape index (κ3) is 6.52. The van der Waals surface area contributed by atoms with Crippen molar-refractivity contribution in [2.75, 3.05) is 0 Å². The van der Waals surface area contributed by atoms with Crippen molar-refractivity contribution in [2.45, 2.75) is 46.1 Å². The third-order valence-corrected chi connectivity index (χ3v) is 2.84. The van der Waals surface area contributed by atoms with E-state index >= 15 is 0 Å². The van der Waals surface area contributed by atoms with Crippen LogP contribution in [-0.2, 0) is 6.42 Å². The van der Waals surface area contributed by atoms with Gasteiger partial charge in [0.2, 0.25) is 0 Å². The molecule has 0 aromatic carbocycles. The first-order chi connectivity index (χ1) is 9.62. The van der Waals surface area contributed by atoms with Gasteiger partial charge in [-0.15, -0.1) is 0 Å². The normalized spacial score (nSPS) is 11.1. The second-order valence-electron chi connectivity index (χ2n) is 4.62. The molecule has 0 aliphatic carbocycles. The van der Waals surface area contributed by atoms with Crippen molar-refractivity contribution < 1.29 is 28.4 Å². The molecule has 1 N–H and O–H groups in total. The van der Waals surface area contributed by atoms with Crippen molar-refractivity contribution in [2.24, 2.45) is 0 Å². The second-order valence-corrected chi connectivity index (χ2v) is 4.62. The molecule has 2 aromatic heterocycles. The molecule has 0 fully saturated rings. The maximum atomic E-state index is 10.1. The molecule has 0 aliphatic rings. The van der Waals surface area contributed by atoms with Crippen molar-refractivity contribution >= 4 is 0 Å². The number of rotatable bonds is 4. The maximum absolute atomic E-state index is 10.1. The zero-order valence-corrected chi connectivity index (χ0v) is 13.6. The molecule has 2 heterocycles. The summed E-state index contributed by atoms with van der Waals surface area (Å²) in [5.74, 6) is 1.43. The summed E-state index contributed by atoms with van der Waals surface area (Å²) in [5.41, 5.74) is 1.51. The topological polar surface area (TPSA) is 46.3 Å². The van der Waals surface area contributed by atoms with Crippen LogP contribution in [0.25, 0.3) is 0 Å². The summed E-state index contributed by atoms with van der Waals surface area (Å²) in [4.78, 5) is 4.27. The van der Waals surface area contributed by atoms with Gasteiger partial charge < -0.3 is 16.4 Å². The molecule has 21 heavy (non-hydrogen) atoms. The molecule has 2 rings (SSSR count). The molecule has 4 heteroatoms. The van der Waals surface area contributed by atoms with Gasteiger partial charge in [0, 0.05) is 12.1 Å². The summed E-state index contributed by atoms with van der Waals surface area (Å²) in [6.45, 7) is 9.63. The third-order valence-electron chi connectivity index (χ3n) is 2.84. The fourth-order valence-corrected chi connectivity index (χ4v) is 1.59. The average Bonchev–Trinajstić information content (AvgIpc) is 2.95. The van der Waals surface area contributed by atoms with Crippen molar-refractivity contribution in [3.63, 3.8) is 0 Å². The van der Waals surface area contributed by atoms with E-state index in [-0.39, 0.29) is 18.9 Å². The SMILES string of the molecule is CCc1ccc(C(O)c2cccc(C)n2)o1.[CH2-]CCC.[Li+]. The van der Waals surface area contributed by atoms with Crippen LogP contribution in [0, 0.1) is 13.8 Å². The largest absolute Gasteiger partial charge is 1.00 e. The zero-order valence-electron chi connectivity index (χ0n) is 13.6. The monoisotopic (exact) mass is 281 g/mol. The van der Waals surface area contributed by atoms with Gasteiger partial charge in [-0.2, -0.15) is 6.42 Å². The Bertz CT molecular complexity index is 509. The fourth-order valence-electron chi connectivity index (χ4n) is 1.59. The van der Waals surface area contributed by atoms with Gasteiger partial charge in [0.25, 0.3) is 0 Å². The number of aryl methyl sites for hydroxylation is 2. The molecule has 0 amide bonds. The summed E-state index contributed by atoms with van der Waals surface area (Å²) in [6, 6.07) is 9.26. The average molecular weight is 281 g/mol. The van der Waals surface area contributed by atoms with E-state index in [9.17, 15) is 5.11 Å². The first kappa shape index (κ1) is 20.0. The van der Waals surface area contributed by atoms with E-state index in [1.165, 1.54) is 6.42 Å². The van der Waals surface area contributed by atoms with Crippen LogP contribution in [0.5, 0.6) is 0 Å². The predicted octanol–water partition coefficient (Wildman–Crippen LogP) is 1.25. The Morgan fingerprint density at radius 1 is 1.24 bits per heavy atom. The molecule has 1 unspecified atom stereocenters. The molecule has 0 radical (unpaired) electrons. The molecule has 0 saturated carbocycles. The molecule has 110 valence electrons. The molecule has 1 atom stereocenters. The molecule has 3 nitrogen and oxygen atoms in total. The smallest absolute Gasteiger partial charge is 0.463 e. The van der Waals surface area contributed by atoms with Crippen LogP contribution in [0.15, 0.2) is 34.7 Å². The minimum atomic E-state index is -0.778. The molecule has 2 aromatic rings. The quantitative estimate of drug-likeness (QED) is 0.678. The van der Waals surface area contributed by atoms with Gasteiger partial charge in [-0.1, -0.05) is 26.3 Å². The van der Waals surface area contributed by atoms with Crippen LogP contribution in [0.2, 0.25) is 0 Å². The fraction of sp³-hybridized carbons (Fsp3) is 0.412. The van der Waals surface area contributed by atoms with Crippen molar-refractivity contribution in [3.8, 4) is 0 Å². The van der Waals surface area contributed by atoms with Crippen LogP contribution in [0.4, 0.5) is 0 Å². The first-order valence-electron chi connectivity index (χ1n) is 7.11. The van der Waals surface area contributed by atoms with Gasteiger partial charge in [0.15, 0.2) is 6.10 Å². The van der Waals surface area contributed by atoms with Crippen molar-refractivity contribution in [1.82, 2.24) is 4.98 Å². The van der Waals surface area contributed by atoms with Crippen molar-refractivity contribution in [1.29, 1.82) is 0 Å². The van der Waals surface area contributed by atoms with E-state index in [2.05, 4.69) is 18.8 Å². The number of aromatic nitrogens is 1. The summed E-state index contributed by atoms with van der Waals surface area (Å²) >= 11 is 0. The number of aliphatic hydroxyl groups excluding tert-OH is 1. The van der Waals surface area contributed by atoms with E-state index in [0.717, 1.165) is 24.3 Å². The Hall–Kier alpha value is -1.01. The van der Waals surface area contributed by atoms with E-state index < -0.39 is 6.10 Å². The number of pyridine rings is 1. The molecule has 0 spiro atoms. The minimum absolute atomic E-state index is 0. The number of nitrogens with zero attached hydrogens (tertiary/aromatic N) is 1. The Morgan fingerprint density at radius 3 is 2.38 bits per heavy atom. The second kappa shape index (κ2) is 10.7. The van der Waals surface area contributed by atoms with E-state index in [4.69, 9.17) is 4.42 Å². The number of unbranched alkanes of at least 4 members (excludes halogenated alkanes) is 1. The summed E-state index contributed by atoms with van der Waals surface area (Å²) < 4.78 is 5.50. The number of hydrogen-bond donors (Lipinski definition) is 1.